The van der Waals surface area contributed by atoms with Crippen molar-refractivity contribution in [1.82, 2.24) is 9.80 Å². The SMILES string of the molecule is CC(C)CN1CCC(Nc2ccc([N+](=O)[O-])c(C(=O)N3CCCC3)c2)CC1. The topological polar surface area (TPSA) is 78.7 Å². The monoisotopic (exact) mass is 374 g/mol. The minimum absolute atomic E-state index is 0.107. The van der Waals surface area contributed by atoms with E-state index in [1.165, 1.54) is 6.07 Å². The van der Waals surface area contributed by atoms with Gasteiger partial charge in [0.1, 0.15) is 5.56 Å². The lowest BCUT2D eigenvalue weighted by Gasteiger charge is -2.33. The summed E-state index contributed by atoms with van der Waals surface area (Å²) in [6, 6.07) is 5.18. The summed E-state index contributed by atoms with van der Waals surface area (Å²) in [5, 5.41) is 14.9. The van der Waals surface area contributed by atoms with Crippen molar-refractivity contribution in [2.24, 2.45) is 5.92 Å². The van der Waals surface area contributed by atoms with Crippen molar-refractivity contribution >= 4 is 17.3 Å². The van der Waals surface area contributed by atoms with Gasteiger partial charge in [0, 0.05) is 50.5 Å². The van der Waals surface area contributed by atoms with E-state index >= 15 is 0 Å². The molecule has 1 amide bonds. The predicted octanol–water partition coefficient (Wildman–Crippen LogP) is 3.36. The van der Waals surface area contributed by atoms with Crippen molar-refractivity contribution in [3.05, 3.63) is 33.9 Å². The lowest BCUT2D eigenvalue weighted by atomic mass is 10.0. The van der Waals surface area contributed by atoms with E-state index < -0.39 is 4.92 Å². The van der Waals surface area contributed by atoms with Gasteiger partial charge in [-0.2, -0.15) is 0 Å². The van der Waals surface area contributed by atoms with Gasteiger partial charge in [0.2, 0.25) is 0 Å². The fourth-order valence-corrected chi connectivity index (χ4v) is 4.06. The number of hydrogen-bond donors (Lipinski definition) is 1. The Labute approximate surface area is 160 Å². The fourth-order valence-electron chi connectivity index (χ4n) is 4.06. The van der Waals surface area contributed by atoms with Crippen LogP contribution in [0.25, 0.3) is 0 Å². The van der Waals surface area contributed by atoms with Crippen molar-refractivity contribution < 1.29 is 9.72 Å². The molecule has 0 saturated carbocycles. The molecule has 7 nitrogen and oxygen atoms in total. The number of amides is 1. The zero-order chi connectivity index (χ0) is 19.4. The van der Waals surface area contributed by atoms with Crippen molar-refractivity contribution in [2.45, 2.75) is 45.6 Å². The van der Waals surface area contributed by atoms with Gasteiger partial charge >= 0.3 is 0 Å². The van der Waals surface area contributed by atoms with Gasteiger partial charge in [-0.1, -0.05) is 13.8 Å². The zero-order valence-corrected chi connectivity index (χ0v) is 16.3. The van der Waals surface area contributed by atoms with Gasteiger partial charge in [0.25, 0.3) is 11.6 Å². The Kier molecular flexibility index (Phi) is 6.31. The molecule has 2 fully saturated rings. The van der Waals surface area contributed by atoms with Crippen molar-refractivity contribution in [3.8, 4) is 0 Å². The van der Waals surface area contributed by atoms with Gasteiger partial charge in [-0.05, 0) is 43.7 Å². The average Bonchev–Trinajstić information content (AvgIpc) is 3.17. The van der Waals surface area contributed by atoms with Gasteiger partial charge in [0.15, 0.2) is 0 Å². The molecule has 7 heteroatoms. The number of piperidine rings is 1. The Bertz CT molecular complexity index is 678. The zero-order valence-electron chi connectivity index (χ0n) is 16.3. The second kappa shape index (κ2) is 8.69. The van der Waals surface area contributed by atoms with Crippen LogP contribution in [0.3, 0.4) is 0 Å². The number of nitrogens with zero attached hydrogens (tertiary/aromatic N) is 3. The maximum Gasteiger partial charge on any atom is 0.282 e. The average molecular weight is 374 g/mol. The van der Waals surface area contributed by atoms with Gasteiger partial charge < -0.3 is 15.1 Å². The van der Waals surface area contributed by atoms with Gasteiger partial charge in [0.05, 0.1) is 4.92 Å². The largest absolute Gasteiger partial charge is 0.382 e. The molecule has 0 aliphatic carbocycles. The first kappa shape index (κ1) is 19.6. The highest BCUT2D eigenvalue weighted by Crippen LogP contribution is 2.27. The maximum atomic E-state index is 12.7. The van der Waals surface area contributed by atoms with E-state index in [2.05, 4.69) is 24.1 Å². The highest BCUT2D eigenvalue weighted by Gasteiger charge is 2.27. The molecule has 0 radical (unpaired) electrons. The minimum Gasteiger partial charge on any atom is -0.382 e. The minimum atomic E-state index is -0.461. The maximum absolute atomic E-state index is 12.7. The number of carbonyl (C=O) groups is 1. The van der Waals surface area contributed by atoms with E-state index in [0.717, 1.165) is 51.0 Å². The smallest absolute Gasteiger partial charge is 0.282 e. The van der Waals surface area contributed by atoms with Crippen LogP contribution in [-0.4, -0.2) is 59.4 Å². The molecule has 27 heavy (non-hydrogen) atoms. The molecular weight excluding hydrogens is 344 g/mol. The summed E-state index contributed by atoms with van der Waals surface area (Å²) in [6.07, 6.45) is 4.01. The number of rotatable bonds is 6. The first-order valence-electron chi connectivity index (χ1n) is 10.0. The third kappa shape index (κ3) is 4.97. The Morgan fingerprint density at radius 2 is 1.89 bits per heavy atom. The van der Waals surface area contributed by atoms with E-state index in [4.69, 9.17) is 0 Å². The molecule has 2 aliphatic rings. The number of carbonyl (C=O) groups excluding carboxylic acids is 1. The van der Waals surface area contributed by atoms with E-state index in [9.17, 15) is 14.9 Å². The lowest BCUT2D eigenvalue weighted by Crippen LogP contribution is -2.40. The summed E-state index contributed by atoms with van der Waals surface area (Å²) in [6.45, 7) is 9.08. The van der Waals surface area contributed by atoms with Crippen LogP contribution < -0.4 is 5.32 Å². The normalized spacial score (nSPS) is 18.9. The first-order chi connectivity index (χ1) is 12.9. The van der Waals surface area contributed by atoms with Crippen LogP contribution in [0.15, 0.2) is 18.2 Å². The highest BCUT2D eigenvalue weighted by atomic mass is 16.6. The molecule has 0 spiro atoms. The molecule has 3 rings (SSSR count). The van der Waals surface area contributed by atoms with Crippen LogP contribution in [0.1, 0.15) is 49.9 Å². The second-order valence-electron chi connectivity index (χ2n) is 8.10. The quantitative estimate of drug-likeness (QED) is 0.610. The molecule has 0 aromatic heterocycles. The third-order valence-corrected chi connectivity index (χ3v) is 5.40. The number of anilines is 1. The molecule has 1 aromatic rings. The van der Waals surface area contributed by atoms with Crippen molar-refractivity contribution in [1.29, 1.82) is 0 Å². The molecule has 1 N–H and O–H groups in total. The molecule has 0 atom stereocenters. The van der Waals surface area contributed by atoms with Crippen LogP contribution >= 0.6 is 0 Å². The van der Waals surface area contributed by atoms with Gasteiger partial charge in [-0.25, -0.2) is 0 Å². The number of benzene rings is 1. The summed E-state index contributed by atoms with van der Waals surface area (Å²) >= 11 is 0. The fraction of sp³-hybridized carbons (Fsp3) is 0.650. The Hall–Kier alpha value is -2.15. The summed E-state index contributed by atoms with van der Waals surface area (Å²) in [5.41, 5.74) is 0.888. The molecule has 2 aliphatic heterocycles. The van der Waals surface area contributed by atoms with E-state index in [1.54, 1.807) is 17.0 Å². The Morgan fingerprint density at radius 3 is 2.48 bits per heavy atom. The number of likely N-dealkylation sites (tertiary alicyclic amines) is 2. The molecular formula is C20H30N4O3. The summed E-state index contributed by atoms with van der Waals surface area (Å²) in [4.78, 5) is 27.9. The Balaban J connectivity index is 1.68. The van der Waals surface area contributed by atoms with E-state index in [-0.39, 0.29) is 17.2 Å². The molecule has 2 saturated heterocycles. The summed E-state index contributed by atoms with van der Waals surface area (Å²) in [5.74, 6) is 0.443. The predicted molar refractivity (Wildman–Crippen MR) is 106 cm³/mol. The number of hydrogen-bond acceptors (Lipinski definition) is 5. The van der Waals surface area contributed by atoms with Gasteiger partial charge in [-0.15, -0.1) is 0 Å². The van der Waals surface area contributed by atoms with E-state index in [0.29, 0.717) is 25.0 Å². The van der Waals surface area contributed by atoms with Crippen LogP contribution in [0, 0.1) is 16.0 Å². The summed E-state index contributed by atoms with van der Waals surface area (Å²) < 4.78 is 0. The molecule has 2 heterocycles. The molecule has 1 aromatic carbocycles. The summed E-state index contributed by atoms with van der Waals surface area (Å²) in [7, 11) is 0. The van der Waals surface area contributed by atoms with E-state index in [1.807, 2.05) is 0 Å². The Morgan fingerprint density at radius 1 is 1.22 bits per heavy atom. The van der Waals surface area contributed by atoms with Crippen LogP contribution in [-0.2, 0) is 0 Å². The van der Waals surface area contributed by atoms with Crippen molar-refractivity contribution in [2.75, 3.05) is 38.0 Å². The highest BCUT2D eigenvalue weighted by molar-refractivity contribution is 5.99. The van der Waals surface area contributed by atoms with Crippen LogP contribution in [0.4, 0.5) is 11.4 Å². The van der Waals surface area contributed by atoms with Crippen LogP contribution in [0.2, 0.25) is 0 Å². The van der Waals surface area contributed by atoms with Crippen LogP contribution in [0.5, 0.6) is 0 Å². The van der Waals surface area contributed by atoms with Crippen molar-refractivity contribution in [3.63, 3.8) is 0 Å². The number of nitrogens with one attached hydrogen (secondary N) is 1. The second-order valence-corrected chi connectivity index (χ2v) is 8.10. The standard InChI is InChI=1S/C20H30N4O3/c1-15(2)14-22-11-7-16(8-12-22)21-17-5-6-19(24(26)27)18(13-17)20(25)23-9-3-4-10-23/h5-6,13,15-16,21H,3-4,7-12,14H2,1-2H3. The molecule has 148 valence electrons. The number of nitro benzene ring substituents is 1. The molecule has 0 unspecified atom stereocenters. The lowest BCUT2D eigenvalue weighted by molar-refractivity contribution is -0.385. The third-order valence-electron chi connectivity index (χ3n) is 5.40. The first-order valence-corrected chi connectivity index (χ1v) is 10.0. The number of nitro groups is 1. The van der Waals surface area contributed by atoms with Gasteiger partial charge in [-0.3, -0.25) is 14.9 Å². The molecule has 0 bridgehead atoms.